The predicted molar refractivity (Wildman–Crippen MR) is 113 cm³/mol. The molecule has 0 saturated carbocycles. The Morgan fingerprint density at radius 3 is 2.04 bits per heavy atom. The maximum Gasteiger partial charge on any atom is 0.273 e. The van der Waals surface area contributed by atoms with Crippen molar-refractivity contribution in [2.24, 2.45) is 0 Å². The van der Waals surface area contributed by atoms with E-state index in [1.54, 1.807) is 12.1 Å². The first-order chi connectivity index (χ1) is 13.6. The van der Waals surface area contributed by atoms with Crippen molar-refractivity contribution in [2.75, 3.05) is 0 Å². The van der Waals surface area contributed by atoms with E-state index in [9.17, 15) is 14.7 Å². The number of hydrogen-bond acceptors (Lipinski definition) is 3. The molecule has 5 nitrogen and oxygen atoms in total. The number of unbranched alkanes of at least 4 members (excludes halogenated alkanes) is 8. The van der Waals surface area contributed by atoms with Gasteiger partial charge in [0.15, 0.2) is 0 Å². The van der Waals surface area contributed by atoms with Crippen molar-refractivity contribution in [1.29, 1.82) is 0 Å². The van der Waals surface area contributed by atoms with Crippen molar-refractivity contribution in [3.05, 3.63) is 42.0 Å². The molecule has 0 radical (unpaired) electrons. The van der Waals surface area contributed by atoms with Crippen molar-refractivity contribution < 1.29 is 14.7 Å². The highest BCUT2D eigenvalue weighted by molar-refractivity contribution is 6.02. The molecule has 0 aliphatic rings. The van der Waals surface area contributed by atoms with Gasteiger partial charge in [-0.05, 0) is 29.3 Å². The summed E-state index contributed by atoms with van der Waals surface area (Å²) in [6.45, 7) is 2.22. The summed E-state index contributed by atoms with van der Waals surface area (Å²) in [6.07, 6.45) is 11.1. The van der Waals surface area contributed by atoms with Crippen LogP contribution in [0.15, 0.2) is 36.4 Å². The lowest BCUT2D eigenvalue weighted by molar-refractivity contribution is -0.122. The predicted octanol–water partition coefficient (Wildman–Crippen LogP) is 5.23. The minimum atomic E-state index is -0.524. The Hall–Kier alpha value is -2.56. The quantitative estimate of drug-likeness (QED) is 0.367. The number of amides is 2. The van der Waals surface area contributed by atoms with E-state index in [1.807, 2.05) is 24.3 Å². The number of carbonyl (C=O) groups excluding carboxylic acids is 2. The molecule has 0 atom stereocenters. The van der Waals surface area contributed by atoms with Gasteiger partial charge in [-0.25, -0.2) is 0 Å². The maximum absolute atomic E-state index is 12.3. The molecule has 152 valence electrons. The smallest absolute Gasteiger partial charge is 0.273 e. The van der Waals surface area contributed by atoms with E-state index in [0.29, 0.717) is 6.42 Å². The van der Waals surface area contributed by atoms with Crippen LogP contribution in [-0.4, -0.2) is 16.9 Å². The Labute approximate surface area is 167 Å². The van der Waals surface area contributed by atoms with Gasteiger partial charge in [0.05, 0.1) is 5.56 Å². The number of nitrogens with one attached hydrogen (secondary N) is 2. The molecule has 0 spiro atoms. The normalized spacial score (nSPS) is 10.8. The molecule has 0 saturated heterocycles. The number of hydrazine groups is 1. The van der Waals surface area contributed by atoms with E-state index >= 15 is 0 Å². The van der Waals surface area contributed by atoms with Crippen molar-refractivity contribution in [3.8, 4) is 5.75 Å². The molecule has 2 aromatic carbocycles. The fourth-order valence-corrected chi connectivity index (χ4v) is 3.26. The number of rotatable bonds is 11. The standard InChI is InChI=1S/C23H32N2O3/c1-2-3-4-5-6-7-8-9-10-15-22(27)24-25-23(28)20-16-18-13-11-12-14-19(18)17-21(20)26/h11-14,16-17,26H,2-10,15H2,1H3,(H,24,27)(H,25,28). The average Bonchev–Trinajstić information content (AvgIpc) is 2.70. The van der Waals surface area contributed by atoms with Crippen LogP contribution in [0.25, 0.3) is 10.8 Å². The van der Waals surface area contributed by atoms with Gasteiger partial charge in [-0.15, -0.1) is 0 Å². The van der Waals surface area contributed by atoms with Gasteiger partial charge in [-0.2, -0.15) is 0 Å². The first-order valence-electron chi connectivity index (χ1n) is 10.4. The topological polar surface area (TPSA) is 78.4 Å². The first-order valence-corrected chi connectivity index (χ1v) is 10.4. The number of fused-ring (bicyclic) bond motifs is 1. The van der Waals surface area contributed by atoms with Crippen LogP contribution in [0.4, 0.5) is 0 Å². The molecule has 0 bridgehead atoms. The summed E-state index contributed by atoms with van der Waals surface area (Å²) < 4.78 is 0. The van der Waals surface area contributed by atoms with E-state index in [-0.39, 0.29) is 17.2 Å². The van der Waals surface area contributed by atoms with Crippen LogP contribution in [0.3, 0.4) is 0 Å². The second-order valence-electron chi connectivity index (χ2n) is 7.30. The number of carbonyl (C=O) groups is 2. The molecule has 0 heterocycles. The van der Waals surface area contributed by atoms with Gasteiger partial charge in [0.1, 0.15) is 5.75 Å². The summed E-state index contributed by atoms with van der Waals surface area (Å²) in [6, 6.07) is 10.6. The molecule has 2 rings (SSSR count). The van der Waals surface area contributed by atoms with Gasteiger partial charge in [-0.3, -0.25) is 20.4 Å². The fraction of sp³-hybridized carbons (Fsp3) is 0.478. The highest BCUT2D eigenvalue weighted by Gasteiger charge is 2.13. The summed E-state index contributed by atoms with van der Waals surface area (Å²) in [4.78, 5) is 24.1. The third-order valence-corrected chi connectivity index (χ3v) is 4.93. The van der Waals surface area contributed by atoms with E-state index in [2.05, 4.69) is 17.8 Å². The third kappa shape index (κ3) is 7.22. The van der Waals surface area contributed by atoms with Gasteiger partial charge in [0.25, 0.3) is 5.91 Å². The molecule has 2 amide bonds. The zero-order valence-corrected chi connectivity index (χ0v) is 16.8. The van der Waals surface area contributed by atoms with Crippen LogP contribution in [0, 0.1) is 0 Å². The molecule has 0 unspecified atom stereocenters. The van der Waals surface area contributed by atoms with Crippen LogP contribution in [0.5, 0.6) is 5.75 Å². The molecule has 5 heteroatoms. The Kier molecular flexibility index (Phi) is 9.32. The zero-order valence-electron chi connectivity index (χ0n) is 16.8. The summed E-state index contributed by atoms with van der Waals surface area (Å²) in [5.41, 5.74) is 4.96. The van der Waals surface area contributed by atoms with Gasteiger partial charge in [0.2, 0.25) is 5.91 Å². The number of hydrogen-bond donors (Lipinski definition) is 3. The molecule has 28 heavy (non-hydrogen) atoms. The van der Waals surface area contributed by atoms with Gasteiger partial charge < -0.3 is 5.11 Å². The molecule has 0 fully saturated rings. The summed E-state index contributed by atoms with van der Waals surface area (Å²) in [5.74, 6) is -0.843. The Bertz CT molecular complexity index is 774. The number of phenols is 1. The Morgan fingerprint density at radius 1 is 0.821 bits per heavy atom. The van der Waals surface area contributed by atoms with Crippen molar-refractivity contribution >= 4 is 22.6 Å². The molecule has 0 aliphatic heterocycles. The highest BCUT2D eigenvalue weighted by atomic mass is 16.3. The lowest BCUT2D eigenvalue weighted by Gasteiger charge is -2.10. The lowest BCUT2D eigenvalue weighted by atomic mass is 10.1. The molecule has 0 aromatic heterocycles. The van der Waals surface area contributed by atoms with E-state index < -0.39 is 5.91 Å². The van der Waals surface area contributed by atoms with E-state index in [1.165, 1.54) is 38.5 Å². The van der Waals surface area contributed by atoms with Crippen molar-refractivity contribution in [1.82, 2.24) is 10.9 Å². The van der Waals surface area contributed by atoms with Crippen LogP contribution >= 0.6 is 0 Å². The van der Waals surface area contributed by atoms with Gasteiger partial charge >= 0.3 is 0 Å². The number of benzene rings is 2. The van der Waals surface area contributed by atoms with Crippen molar-refractivity contribution in [2.45, 2.75) is 71.1 Å². The molecular weight excluding hydrogens is 352 g/mol. The Morgan fingerprint density at radius 2 is 1.39 bits per heavy atom. The molecule has 3 N–H and O–H groups in total. The lowest BCUT2D eigenvalue weighted by Crippen LogP contribution is -2.41. The second-order valence-corrected chi connectivity index (χ2v) is 7.30. The molecular formula is C23H32N2O3. The number of aromatic hydroxyl groups is 1. The monoisotopic (exact) mass is 384 g/mol. The zero-order chi connectivity index (χ0) is 20.2. The summed E-state index contributed by atoms with van der Waals surface area (Å²) >= 11 is 0. The van der Waals surface area contributed by atoms with Crippen LogP contribution in [0.1, 0.15) is 81.5 Å². The highest BCUT2D eigenvalue weighted by Crippen LogP contribution is 2.24. The van der Waals surface area contributed by atoms with E-state index in [4.69, 9.17) is 0 Å². The van der Waals surface area contributed by atoms with Crippen molar-refractivity contribution in [3.63, 3.8) is 0 Å². The molecule has 2 aromatic rings. The second kappa shape index (κ2) is 12.0. The van der Waals surface area contributed by atoms with Crippen LogP contribution < -0.4 is 10.9 Å². The van der Waals surface area contributed by atoms with Crippen LogP contribution in [0.2, 0.25) is 0 Å². The Balaban J connectivity index is 1.65. The SMILES string of the molecule is CCCCCCCCCCCC(=O)NNC(=O)c1cc2ccccc2cc1O. The molecule has 0 aliphatic carbocycles. The van der Waals surface area contributed by atoms with Crippen LogP contribution in [-0.2, 0) is 4.79 Å². The first kappa shape index (κ1) is 21.7. The summed E-state index contributed by atoms with van der Waals surface area (Å²) in [7, 11) is 0. The number of phenolic OH excluding ortho intramolecular Hbond substituents is 1. The van der Waals surface area contributed by atoms with Gasteiger partial charge in [-0.1, -0.05) is 82.6 Å². The summed E-state index contributed by atoms with van der Waals surface area (Å²) in [5, 5.41) is 11.8. The largest absolute Gasteiger partial charge is 0.507 e. The minimum Gasteiger partial charge on any atom is -0.507 e. The van der Waals surface area contributed by atoms with Gasteiger partial charge in [0, 0.05) is 6.42 Å². The third-order valence-electron chi connectivity index (χ3n) is 4.93. The average molecular weight is 385 g/mol. The maximum atomic E-state index is 12.3. The minimum absolute atomic E-state index is 0.107. The fourth-order valence-electron chi connectivity index (χ4n) is 3.26. The van der Waals surface area contributed by atoms with E-state index in [0.717, 1.165) is 30.0 Å².